The molecule has 0 aliphatic carbocycles. The van der Waals surface area contributed by atoms with Crippen LogP contribution in [0, 0.1) is 0 Å². The maximum atomic E-state index is 11.4. The normalized spacial score (nSPS) is 23.9. The van der Waals surface area contributed by atoms with Crippen molar-refractivity contribution in [1.29, 1.82) is 0 Å². The molecule has 24 heavy (non-hydrogen) atoms. The van der Waals surface area contributed by atoms with Crippen LogP contribution in [0.15, 0.2) is 22.7 Å². The Balaban J connectivity index is 0.000000521. The number of piperidine rings is 1. The summed E-state index contributed by atoms with van der Waals surface area (Å²) in [5.41, 5.74) is 7.92. The van der Waals surface area contributed by atoms with Crippen LogP contribution in [0.4, 0.5) is 5.69 Å². The van der Waals surface area contributed by atoms with E-state index in [0.717, 1.165) is 29.7 Å². The molecular formula is C19H32BrN3O. The van der Waals surface area contributed by atoms with Gasteiger partial charge in [-0.25, -0.2) is 0 Å². The first kappa shape index (κ1) is 21.0. The topological polar surface area (TPSA) is 58.4 Å². The van der Waals surface area contributed by atoms with Gasteiger partial charge in [-0.2, -0.15) is 0 Å². The molecule has 4 nitrogen and oxygen atoms in total. The van der Waals surface area contributed by atoms with Gasteiger partial charge in [0.2, 0.25) is 5.91 Å². The standard InChI is InChI=1S/C14H18BrN3O.C3H8.C2H6/c1-14-8-17-6-5-11(14)18(7-12(16)19)13-9(14)3-2-4-10(13)15;1-3-2;1-2/h2-4,11,17H,5-8H2,1H3,(H2,16,19);3H2,1-2H3;1-2H3/t11?,14-;;/m0../s1. The number of halogens is 1. The van der Waals surface area contributed by atoms with Crippen molar-refractivity contribution in [2.45, 2.75) is 58.9 Å². The number of hydrogen-bond acceptors (Lipinski definition) is 3. The van der Waals surface area contributed by atoms with Crippen LogP contribution in [0.25, 0.3) is 0 Å². The number of carbonyl (C=O) groups is 1. The molecule has 2 heterocycles. The molecular weight excluding hydrogens is 366 g/mol. The Hall–Kier alpha value is -1.07. The number of amides is 1. The summed E-state index contributed by atoms with van der Waals surface area (Å²) in [5.74, 6) is -0.274. The third-order valence-corrected chi connectivity index (χ3v) is 5.05. The van der Waals surface area contributed by atoms with Crippen molar-refractivity contribution in [2.75, 3.05) is 24.5 Å². The highest BCUT2D eigenvalue weighted by Crippen LogP contribution is 2.50. The fourth-order valence-corrected chi connectivity index (χ4v) is 4.17. The van der Waals surface area contributed by atoms with Crippen LogP contribution in [0.5, 0.6) is 0 Å². The third-order valence-electron chi connectivity index (χ3n) is 4.41. The van der Waals surface area contributed by atoms with Gasteiger partial charge in [-0.15, -0.1) is 0 Å². The molecule has 0 saturated carbocycles. The lowest BCUT2D eigenvalue weighted by atomic mass is 9.75. The minimum Gasteiger partial charge on any atom is -0.368 e. The Kier molecular flexibility index (Phi) is 8.23. The van der Waals surface area contributed by atoms with E-state index in [0.29, 0.717) is 6.04 Å². The van der Waals surface area contributed by atoms with E-state index >= 15 is 0 Å². The highest BCUT2D eigenvalue weighted by Gasteiger charge is 2.49. The molecule has 0 spiro atoms. The van der Waals surface area contributed by atoms with Crippen LogP contribution in [0.1, 0.15) is 53.0 Å². The van der Waals surface area contributed by atoms with Gasteiger partial charge in [0.15, 0.2) is 0 Å². The minimum atomic E-state index is -0.274. The first-order valence-corrected chi connectivity index (χ1v) is 9.79. The fraction of sp³-hybridized carbons (Fsp3) is 0.632. The van der Waals surface area contributed by atoms with Gasteiger partial charge in [0.05, 0.1) is 12.2 Å². The Morgan fingerprint density at radius 1 is 1.42 bits per heavy atom. The van der Waals surface area contributed by atoms with Crippen LogP contribution in [-0.4, -0.2) is 31.6 Å². The number of nitrogens with zero attached hydrogens (tertiary/aromatic N) is 1. The van der Waals surface area contributed by atoms with Crippen LogP contribution in [0.3, 0.4) is 0 Å². The van der Waals surface area contributed by atoms with Crippen LogP contribution in [0.2, 0.25) is 0 Å². The average molecular weight is 398 g/mol. The number of benzene rings is 1. The van der Waals surface area contributed by atoms with Gasteiger partial charge in [-0.1, -0.05) is 53.2 Å². The van der Waals surface area contributed by atoms with E-state index in [1.807, 2.05) is 19.9 Å². The highest BCUT2D eigenvalue weighted by molar-refractivity contribution is 9.10. The Labute approximate surface area is 155 Å². The third kappa shape index (κ3) is 4.12. The molecule has 1 fully saturated rings. The van der Waals surface area contributed by atoms with Crippen LogP contribution in [-0.2, 0) is 10.2 Å². The van der Waals surface area contributed by atoms with Crippen LogP contribution < -0.4 is 16.0 Å². The lowest BCUT2D eigenvalue weighted by Crippen LogP contribution is -2.55. The molecule has 1 aromatic carbocycles. The minimum absolute atomic E-state index is 0.0484. The number of carbonyl (C=O) groups excluding carboxylic acids is 1. The summed E-state index contributed by atoms with van der Waals surface area (Å²) >= 11 is 3.62. The van der Waals surface area contributed by atoms with Crippen LogP contribution >= 0.6 is 15.9 Å². The average Bonchev–Trinajstić information content (AvgIpc) is 2.80. The predicted molar refractivity (Wildman–Crippen MR) is 107 cm³/mol. The molecule has 5 heteroatoms. The molecule has 1 aromatic rings. The zero-order valence-corrected chi connectivity index (χ0v) is 17.2. The smallest absolute Gasteiger partial charge is 0.236 e. The Morgan fingerprint density at radius 2 is 2.04 bits per heavy atom. The maximum absolute atomic E-state index is 11.4. The molecule has 2 aliphatic heterocycles. The Morgan fingerprint density at radius 3 is 2.62 bits per heavy atom. The highest BCUT2D eigenvalue weighted by atomic mass is 79.9. The van der Waals surface area contributed by atoms with E-state index in [9.17, 15) is 4.79 Å². The summed E-state index contributed by atoms with van der Waals surface area (Å²) in [5, 5.41) is 3.47. The maximum Gasteiger partial charge on any atom is 0.236 e. The van der Waals surface area contributed by atoms with Crippen molar-refractivity contribution in [3.05, 3.63) is 28.2 Å². The number of fused-ring (bicyclic) bond motifs is 3. The van der Waals surface area contributed by atoms with Gasteiger partial charge in [0, 0.05) is 22.5 Å². The molecule has 1 unspecified atom stereocenters. The summed E-state index contributed by atoms with van der Waals surface area (Å²) in [7, 11) is 0. The van der Waals surface area contributed by atoms with Crippen molar-refractivity contribution >= 4 is 27.5 Å². The van der Waals surface area contributed by atoms with Gasteiger partial charge in [-0.3, -0.25) is 4.79 Å². The molecule has 136 valence electrons. The second kappa shape index (κ2) is 9.42. The summed E-state index contributed by atoms with van der Waals surface area (Å²) < 4.78 is 1.04. The largest absolute Gasteiger partial charge is 0.368 e. The molecule has 3 rings (SSSR count). The van der Waals surface area contributed by atoms with Crippen molar-refractivity contribution in [3.63, 3.8) is 0 Å². The molecule has 0 radical (unpaired) electrons. The fourth-order valence-electron chi connectivity index (χ4n) is 3.58. The van der Waals surface area contributed by atoms with Gasteiger partial charge in [0.25, 0.3) is 0 Å². The Bertz CT molecular complexity index is 549. The van der Waals surface area contributed by atoms with E-state index in [2.05, 4.69) is 59.1 Å². The van der Waals surface area contributed by atoms with E-state index < -0.39 is 0 Å². The number of anilines is 1. The summed E-state index contributed by atoms with van der Waals surface area (Å²) in [4.78, 5) is 13.6. The van der Waals surface area contributed by atoms with E-state index in [1.54, 1.807) is 0 Å². The van der Waals surface area contributed by atoms with Gasteiger partial charge in [-0.05, 0) is 40.5 Å². The first-order chi connectivity index (χ1) is 11.5. The van der Waals surface area contributed by atoms with Crippen molar-refractivity contribution in [2.24, 2.45) is 5.73 Å². The van der Waals surface area contributed by atoms with Gasteiger partial charge < -0.3 is 16.0 Å². The zero-order valence-electron chi connectivity index (χ0n) is 15.7. The monoisotopic (exact) mass is 397 g/mol. The number of rotatable bonds is 2. The molecule has 1 amide bonds. The summed E-state index contributed by atoms with van der Waals surface area (Å²) in [6.07, 6.45) is 2.28. The molecule has 0 bridgehead atoms. The number of nitrogens with one attached hydrogen (secondary N) is 1. The number of para-hydroxylation sites is 1. The number of primary amides is 1. The molecule has 1 saturated heterocycles. The first-order valence-electron chi connectivity index (χ1n) is 9.00. The number of nitrogens with two attached hydrogens (primary N) is 1. The lowest BCUT2D eigenvalue weighted by molar-refractivity contribution is -0.116. The SMILES string of the molecule is CC.CCC.C[C@@]12CNCCC1N(CC(N)=O)c1c(Br)cccc12. The quantitative estimate of drug-likeness (QED) is 0.797. The molecule has 2 atom stereocenters. The van der Waals surface area contributed by atoms with Crippen molar-refractivity contribution < 1.29 is 4.79 Å². The lowest BCUT2D eigenvalue weighted by Gasteiger charge is -2.40. The van der Waals surface area contributed by atoms with Crippen molar-refractivity contribution in [1.82, 2.24) is 5.32 Å². The van der Waals surface area contributed by atoms with E-state index in [-0.39, 0.29) is 17.9 Å². The second-order valence-corrected chi connectivity index (χ2v) is 7.19. The molecule has 3 N–H and O–H groups in total. The summed E-state index contributed by atoms with van der Waals surface area (Å²) in [6.45, 7) is 12.7. The molecule has 0 aromatic heterocycles. The second-order valence-electron chi connectivity index (χ2n) is 6.34. The predicted octanol–water partition coefficient (Wildman–Crippen LogP) is 3.82. The van der Waals surface area contributed by atoms with Crippen molar-refractivity contribution in [3.8, 4) is 0 Å². The van der Waals surface area contributed by atoms with E-state index in [1.165, 1.54) is 12.0 Å². The zero-order chi connectivity index (χ0) is 18.3. The van der Waals surface area contributed by atoms with E-state index in [4.69, 9.17) is 5.73 Å². The van der Waals surface area contributed by atoms with Gasteiger partial charge in [0.1, 0.15) is 0 Å². The summed E-state index contributed by atoms with van der Waals surface area (Å²) in [6, 6.07) is 6.60. The number of hydrogen-bond donors (Lipinski definition) is 2. The van der Waals surface area contributed by atoms with Gasteiger partial charge >= 0.3 is 0 Å². The molecule has 2 aliphatic rings.